The smallest absolute Gasteiger partial charge is 0.267 e. The SMILES string of the molecule is Cc1cc(Cc2ccc(S(=O)(=O)N3C[C@H](C)C[C@H](C)C3)cc2)c(=O)[nH]n1. The molecule has 0 saturated carbocycles. The second-order valence-corrected chi connectivity index (χ2v) is 9.39. The molecule has 2 heterocycles. The van der Waals surface area contributed by atoms with Gasteiger partial charge < -0.3 is 0 Å². The predicted octanol–water partition coefficient (Wildman–Crippen LogP) is 2.34. The number of rotatable bonds is 4. The number of nitrogens with zero attached hydrogens (tertiary/aromatic N) is 2. The Morgan fingerprint density at radius 2 is 1.77 bits per heavy atom. The van der Waals surface area contributed by atoms with Gasteiger partial charge in [0.05, 0.1) is 10.6 Å². The van der Waals surface area contributed by atoms with Crippen LogP contribution in [-0.4, -0.2) is 36.0 Å². The van der Waals surface area contributed by atoms with E-state index in [2.05, 4.69) is 24.0 Å². The number of benzene rings is 1. The average molecular weight is 375 g/mol. The molecule has 1 aliphatic rings. The highest BCUT2D eigenvalue weighted by atomic mass is 32.2. The molecule has 26 heavy (non-hydrogen) atoms. The number of aromatic amines is 1. The van der Waals surface area contributed by atoms with Crippen LogP contribution in [0.15, 0.2) is 40.0 Å². The van der Waals surface area contributed by atoms with Crippen LogP contribution in [0, 0.1) is 18.8 Å². The largest absolute Gasteiger partial charge is 0.268 e. The zero-order chi connectivity index (χ0) is 18.9. The third kappa shape index (κ3) is 4.04. The molecule has 0 bridgehead atoms. The van der Waals surface area contributed by atoms with E-state index in [9.17, 15) is 13.2 Å². The van der Waals surface area contributed by atoms with Crippen molar-refractivity contribution in [1.29, 1.82) is 0 Å². The molecule has 1 aliphatic heterocycles. The molecule has 0 amide bonds. The lowest BCUT2D eigenvalue weighted by atomic mass is 9.94. The summed E-state index contributed by atoms with van der Waals surface area (Å²) in [5, 5.41) is 6.34. The van der Waals surface area contributed by atoms with Gasteiger partial charge in [-0.15, -0.1) is 0 Å². The second kappa shape index (κ2) is 7.32. The highest BCUT2D eigenvalue weighted by molar-refractivity contribution is 7.89. The Morgan fingerprint density at radius 3 is 2.38 bits per heavy atom. The minimum Gasteiger partial charge on any atom is -0.268 e. The summed E-state index contributed by atoms with van der Waals surface area (Å²) < 4.78 is 27.4. The van der Waals surface area contributed by atoms with Gasteiger partial charge >= 0.3 is 0 Å². The molecule has 3 rings (SSSR count). The standard InChI is InChI=1S/C19H25N3O3S/c1-13-8-14(2)12-22(11-13)26(24,25)18-6-4-16(5-7-18)10-17-9-15(3)20-21-19(17)23/h4-7,9,13-14H,8,10-12H2,1-3H3,(H,21,23)/t13-,14+. The number of hydrogen-bond acceptors (Lipinski definition) is 4. The van der Waals surface area contributed by atoms with E-state index < -0.39 is 10.0 Å². The Bertz CT molecular complexity index is 925. The Balaban J connectivity index is 1.80. The molecule has 0 aliphatic carbocycles. The van der Waals surface area contributed by atoms with Crippen LogP contribution in [0.3, 0.4) is 0 Å². The summed E-state index contributed by atoms with van der Waals surface area (Å²) in [5.41, 5.74) is 2.03. The molecule has 0 spiro atoms. The zero-order valence-corrected chi connectivity index (χ0v) is 16.2. The van der Waals surface area contributed by atoms with Crippen molar-refractivity contribution in [2.45, 2.75) is 38.5 Å². The third-order valence-electron chi connectivity index (χ3n) is 4.80. The van der Waals surface area contributed by atoms with Gasteiger partial charge in [-0.3, -0.25) is 4.79 Å². The van der Waals surface area contributed by atoms with Crippen LogP contribution in [0.5, 0.6) is 0 Å². The van der Waals surface area contributed by atoms with E-state index in [0.717, 1.165) is 17.7 Å². The van der Waals surface area contributed by atoms with Crippen LogP contribution in [0.1, 0.15) is 37.1 Å². The number of piperidine rings is 1. The lowest BCUT2D eigenvalue weighted by Gasteiger charge is -2.34. The summed E-state index contributed by atoms with van der Waals surface area (Å²) in [6.07, 6.45) is 1.50. The monoisotopic (exact) mass is 375 g/mol. The van der Waals surface area contributed by atoms with Crippen molar-refractivity contribution in [1.82, 2.24) is 14.5 Å². The van der Waals surface area contributed by atoms with Gasteiger partial charge in [0.15, 0.2) is 0 Å². The molecular formula is C19H25N3O3S. The molecule has 2 aromatic rings. The number of hydrogen-bond donors (Lipinski definition) is 1. The van der Waals surface area contributed by atoms with E-state index in [0.29, 0.717) is 41.8 Å². The van der Waals surface area contributed by atoms with Gasteiger partial charge in [0.2, 0.25) is 10.0 Å². The van der Waals surface area contributed by atoms with Gasteiger partial charge in [0.25, 0.3) is 5.56 Å². The number of H-pyrrole nitrogens is 1. The first-order valence-electron chi connectivity index (χ1n) is 8.90. The van der Waals surface area contributed by atoms with E-state index in [1.807, 2.05) is 6.92 Å². The first kappa shape index (κ1) is 18.8. The van der Waals surface area contributed by atoms with Gasteiger partial charge in [0.1, 0.15) is 0 Å². The highest BCUT2D eigenvalue weighted by Gasteiger charge is 2.31. The molecule has 1 aromatic heterocycles. The average Bonchev–Trinajstić information content (AvgIpc) is 2.58. The highest BCUT2D eigenvalue weighted by Crippen LogP contribution is 2.26. The van der Waals surface area contributed by atoms with Crippen LogP contribution >= 0.6 is 0 Å². The van der Waals surface area contributed by atoms with Crippen molar-refractivity contribution < 1.29 is 8.42 Å². The van der Waals surface area contributed by atoms with Crippen molar-refractivity contribution >= 4 is 10.0 Å². The number of nitrogens with one attached hydrogen (secondary N) is 1. The van der Waals surface area contributed by atoms with Gasteiger partial charge in [0, 0.05) is 25.1 Å². The summed E-state index contributed by atoms with van der Waals surface area (Å²) in [6, 6.07) is 8.57. The fourth-order valence-electron chi connectivity index (χ4n) is 3.64. The molecule has 1 aromatic carbocycles. The van der Waals surface area contributed by atoms with Gasteiger partial charge in [-0.1, -0.05) is 26.0 Å². The quantitative estimate of drug-likeness (QED) is 0.889. The van der Waals surface area contributed by atoms with Crippen LogP contribution in [-0.2, 0) is 16.4 Å². The van der Waals surface area contributed by atoms with Gasteiger partial charge in [-0.2, -0.15) is 9.40 Å². The van der Waals surface area contributed by atoms with Gasteiger partial charge in [-0.05, 0) is 48.9 Å². The zero-order valence-electron chi connectivity index (χ0n) is 15.4. The lowest BCUT2D eigenvalue weighted by Crippen LogP contribution is -2.42. The number of sulfonamides is 1. The predicted molar refractivity (Wildman–Crippen MR) is 101 cm³/mol. The molecule has 6 nitrogen and oxygen atoms in total. The van der Waals surface area contributed by atoms with Crippen molar-refractivity contribution in [2.75, 3.05) is 13.1 Å². The molecule has 140 valence electrons. The summed E-state index contributed by atoms with van der Waals surface area (Å²) in [5.74, 6) is 0.740. The van der Waals surface area contributed by atoms with Crippen LogP contribution in [0.25, 0.3) is 0 Å². The number of aromatic nitrogens is 2. The van der Waals surface area contributed by atoms with Crippen LogP contribution in [0.2, 0.25) is 0 Å². The van der Waals surface area contributed by atoms with E-state index >= 15 is 0 Å². The van der Waals surface area contributed by atoms with E-state index in [1.54, 1.807) is 34.6 Å². The Hall–Kier alpha value is -1.99. The fourth-order valence-corrected chi connectivity index (χ4v) is 5.32. The second-order valence-electron chi connectivity index (χ2n) is 7.45. The molecule has 2 atom stereocenters. The van der Waals surface area contributed by atoms with Crippen LogP contribution < -0.4 is 5.56 Å². The summed E-state index contributed by atoms with van der Waals surface area (Å²) in [6.45, 7) is 7.14. The first-order valence-corrected chi connectivity index (χ1v) is 10.3. The van der Waals surface area contributed by atoms with Crippen molar-refractivity contribution in [3.63, 3.8) is 0 Å². The van der Waals surface area contributed by atoms with Crippen LogP contribution in [0.4, 0.5) is 0 Å². The molecule has 0 unspecified atom stereocenters. The maximum Gasteiger partial charge on any atom is 0.267 e. The van der Waals surface area contributed by atoms with Crippen molar-refractivity contribution in [3.05, 3.63) is 57.5 Å². The van der Waals surface area contributed by atoms with Crippen molar-refractivity contribution in [3.8, 4) is 0 Å². The van der Waals surface area contributed by atoms with Crippen molar-refractivity contribution in [2.24, 2.45) is 11.8 Å². The lowest BCUT2D eigenvalue weighted by molar-refractivity contribution is 0.222. The summed E-state index contributed by atoms with van der Waals surface area (Å²) >= 11 is 0. The maximum absolute atomic E-state index is 12.9. The van der Waals surface area contributed by atoms with E-state index in [4.69, 9.17) is 0 Å². The fraction of sp³-hybridized carbons (Fsp3) is 0.474. The summed E-state index contributed by atoms with van der Waals surface area (Å²) in [7, 11) is -3.48. The van der Waals surface area contributed by atoms with E-state index in [1.165, 1.54) is 0 Å². The molecule has 1 saturated heterocycles. The topological polar surface area (TPSA) is 83.1 Å². The Morgan fingerprint density at radius 1 is 1.15 bits per heavy atom. The minimum atomic E-state index is -3.48. The number of aryl methyl sites for hydroxylation is 1. The molecular weight excluding hydrogens is 350 g/mol. The molecule has 1 fully saturated rings. The minimum absolute atomic E-state index is 0.219. The molecule has 0 radical (unpaired) electrons. The third-order valence-corrected chi connectivity index (χ3v) is 6.65. The Labute approximate surface area is 154 Å². The maximum atomic E-state index is 12.9. The normalized spacial score (nSPS) is 21.7. The molecule has 1 N–H and O–H groups in total. The first-order chi connectivity index (χ1) is 12.3. The summed E-state index contributed by atoms with van der Waals surface area (Å²) in [4.78, 5) is 12.2. The van der Waals surface area contributed by atoms with E-state index in [-0.39, 0.29) is 5.56 Å². The Kier molecular flexibility index (Phi) is 5.29. The molecule has 7 heteroatoms. The van der Waals surface area contributed by atoms with Gasteiger partial charge in [-0.25, -0.2) is 13.5 Å².